The molecule has 13 heteroatoms. The van der Waals surface area contributed by atoms with Gasteiger partial charge in [0.25, 0.3) is 10.0 Å². The molecule has 3 heterocycles. The van der Waals surface area contributed by atoms with E-state index >= 15 is 0 Å². The van der Waals surface area contributed by atoms with Gasteiger partial charge in [0.15, 0.2) is 10.7 Å². The van der Waals surface area contributed by atoms with Crippen LogP contribution in [0.3, 0.4) is 0 Å². The fourth-order valence-corrected chi connectivity index (χ4v) is 6.48. The van der Waals surface area contributed by atoms with Gasteiger partial charge < -0.3 is 4.74 Å². The summed E-state index contributed by atoms with van der Waals surface area (Å²) in [7, 11) is -5.74. The number of piperazine rings is 1. The third-order valence-electron chi connectivity index (χ3n) is 6.23. The molecule has 37 heavy (non-hydrogen) atoms. The predicted octanol–water partition coefficient (Wildman–Crippen LogP) is 2.76. The van der Waals surface area contributed by atoms with E-state index in [0.717, 1.165) is 6.26 Å². The van der Waals surface area contributed by atoms with Gasteiger partial charge in [0, 0.05) is 49.6 Å². The second kappa shape index (κ2) is 9.24. The van der Waals surface area contributed by atoms with Gasteiger partial charge in [-0.25, -0.2) is 26.2 Å². The van der Waals surface area contributed by atoms with Crippen LogP contribution in [0, 0.1) is 5.82 Å². The van der Waals surface area contributed by atoms with E-state index in [-0.39, 0.29) is 31.2 Å². The number of pyridine rings is 1. The average Bonchev–Trinajstić information content (AvgIpc) is 3.11. The topological polar surface area (TPSA) is 114 Å². The largest absolute Gasteiger partial charge is 0.526 e. The Hall–Kier alpha value is -2.71. The molecule has 2 aliphatic heterocycles. The molecule has 2 aliphatic rings. The zero-order chi connectivity index (χ0) is 27.4. The zero-order valence-corrected chi connectivity index (χ0v) is 22.9. The number of nitrogens with zero attached hydrogens (tertiary/aromatic N) is 4. The fraction of sp³-hybridized carbons (Fsp3) is 0.417. The van der Waals surface area contributed by atoms with Gasteiger partial charge in [-0.2, -0.15) is 17.9 Å². The molecule has 0 aliphatic carbocycles. The van der Waals surface area contributed by atoms with Crippen LogP contribution in [0.15, 0.2) is 47.8 Å². The zero-order valence-electron chi connectivity index (χ0n) is 21.3. The first kappa shape index (κ1) is 27.3. The Balaban J connectivity index is 1.64. The average molecular weight is 554 g/mol. The number of ether oxygens (including phenoxy) is 1. The molecular formula is C24H30FN4O6S2+. The number of halogens is 1. The smallest absolute Gasteiger partial charge is 0.414 e. The van der Waals surface area contributed by atoms with E-state index in [1.807, 2.05) is 0 Å². The van der Waals surface area contributed by atoms with Crippen molar-refractivity contribution in [2.45, 2.75) is 31.4 Å². The van der Waals surface area contributed by atoms with Gasteiger partial charge in [-0.3, -0.25) is 0 Å². The Morgan fingerprint density at radius 1 is 1.03 bits per heavy atom. The van der Waals surface area contributed by atoms with Crippen LogP contribution in [0.25, 0.3) is 5.57 Å². The second-order valence-corrected chi connectivity index (χ2v) is 14.1. The Morgan fingerprint density at radius 2 is 1.65 bits per heavy atom. The molecule has 1 unspecified atom stereocenters. The highest BCUT2D eigenvalue weighted by Crippen LogP contribution is 2.43. The molecule has 1 saturated heterocycles. The number of hydrogen-bond acceptors (Lipinski definition) is 7. The van der Waals surface area contributed by atoms with Crippen molar-refractivity contribution in [1.82, 2.24) is 18.1 Å². The summed E-state index contributed by atoms with van der Waals surface area (Å²) in [6, 6.07) is 7.09. The fourth-order valence-electron chi connectivity index (χ4n) is 4.32. The molecule has 1 amide bonds. The van der Waals surface area contributed by atoms with Crippen LogP contribution in [0.4, 0.5) is 14.9 Å². The van der Waals surface area contributed by atoms with Gasteiger partial charge in [-0.05, 0) is 45.0 Å². The summed E-state index contributed by atoms with van der Waals surface area (Å²) < 4.78 is 71.5. The van der Waals surface area contributed by atoms with E-state index in [4.69, 9.17) is 4.74 Å². The Labute approximate surface area is 216 Å². The number of rotatable bonds is 4. The van der Waals surface area contributed by atoms with Gasteiger partial charge >= 0.3 is 6.09 Å². The van der Waals surface area contributed by atoms with Gasteiger partial charge in [0.05, 0.1) is 18.9 Å². The molecule has 0 radical (unpaired) electrons. The number of sulfonamides is 2. The number of benzene rings is 1. The molecule has 0 bridgehead atoms. The minimum absolute atomic E-state index is 0.0225. The van der Waals surface area contributed by atoms with Crippen LogP contribution in [-0.2, 0) is 24.8 Å². The third-order valence-corrected chi connectivity index (χ3v) is 9.35. The van der Waals surface area contributed by atoms with Crippen molar-refractivity contribution in [3.8, 4) is 0 Å². The number of carbonyl (C=O) groups excluding carboxylic acids is 1. The number of hydrogen-bond donors (Lipinski definition) is 0. The van der Waals surface area contributed by atoms with Crippen LogP contribution >= 0.6 is 0 Å². The Bertz CT molecular complexity index is 1480. The quantitative estimate of drug-likeness (QED) is 0.535. The van der Waals surface area contributed by atoms with E-state index in [0.29, 0.717) is 22.4 Å². The monoisotopic (exact) mass is 553 g/mol. The van der Waals surface area contributed by atoms with E-state index in [1.54, 1.807) is 46.2 Å². The van der Waals surface area contributed by atoms with E-state index in [2.05, 4.69) is 4.98 Å². The van der Waals surface area contributed by atoms with Crippen molar-refractivity contribution in [1.29, 1.82) is 0 Å². The molecule has 0 saturated carbocycles. The molecule has 0 spiro atoms. The summed E-state index contributed by atoms with van der Waals surface area (Å²) in [6.45, 7) is 5.41. The maximum Gasteiger partial charge on any atom is 0.526 e. The summed E-state index contributed by atoms with van der Waals surface area (Å²) in [5, 5.41) is -0.175. The highest BCUT2D eigenvalue weighted by Gasteiger charge is 2.45. The number of amides is 1. The summed E-state index contributed by atoms with van der Waals surface area (Å²) in [6.07, 6.45) is 3.53. The SMILES string of the molecule is CC(C)(C)OC(=O)[N+]1(C)C=C(c2ccc(S(=O)(=O)N3CCN(S(C)(=O)=O)CC3)nc2)c2ccc(F)cc21. The molecule has 200 valence electrons. The summed E-state index contributed by atoms with van der Waals surface area (Å²) in [5.74, 6) is -0.503. The van der Waals surface area contributed by atoms with Crippen LogP contribution in [0.2, 0.25) is 0 Å². The van der Waals surface area contributed by atoms with E-state index in [1.165, 1.54) is 33.0 Å². The minimum Gasteiger partial charge on any atom is -0.414 e. The number of fused-ring (bicyclic) bond motifs is 1. The van der Waals surface area contributed by atoms with Crippen LogP contribution in [0.5, 0.6) is 0 Å². The normalized spacial score (nSPS) is 21.4. The van der Waals surface area contributed by atoms with Crippen molar-refractivity contribution in [3.05, 3.63) is 59.7 Å². The Morgan fingerprint density at radius 3 is 2.19 bits per heavy atom. The lowest BCUT2D eigenvalue weighted by molar-refractivity contribution is 0.0382. The lowest BCUT2D eigenvalue weighted by Gasteiger charge is -2.32. The second-order valence-electron chi connectivity index (χ2n) is 10.2. The molecule has 1 fully saturated rings. The first-order chi connectivity index (χ1) is 17.0. The van der Waals surface area contributed by atoms with E-state index in [9.17, 15) is 26.0 Å². The standard InChI is InChI=1S/C24H30FN4O6S2/c1-24(2,3)35-23(30)29(4)16-20(19-8-7-18(25)14-21(19)29)17-6-9-22(26-15-17)37(33,34)28-12-10-27(11-13-28)36(5,31)32/h6-9,14-16H,10-13H2,1-5H3/q+1. The van der Waals surface area contributed by atoms with Crippen molar-refractivity contribution in [2.75, 3.05) is 39.5 Å². The van der Waals surface area contributed by atoms with Crippen molar-refractivity contribution < 1.29 is 30.8 Å². The molecule has 0 N–H and O–H groups in total. The van der Waals surface area contributed by atoms with Crippen molar-refractivity contribution >= 4 is 37.4 Å². The maximum atomic E-state index is 14.2. The van der Waals surface area contributed by atoms with Crippen LogP contribution in [-0.4, -0.2) is 81.6 Å². The van der Waals surface area contributed by atoms with Crippen molar-refractivity contribution in [3.63, 3.8) is 0 Å². The molecule has 4 rings (SSSR count). The molecule has 1 aromatic heterocycles. The third kappa shape index (κ3) is 5.32. The van der Waals surface area contributed by atoms with Gasteiger partial charge in [0.1, 0.15) is 17.6 Å². The predicted molar refractivity (Wildman–Crippen MR) is 137 cm³/mol. The maximum absolute atomic E-state index is 14.2. The van der Waals surface area contributed by atoms with Crippen LogP contribution < -0.4 is 4.48 Å². The molecule has 10 nitrogen and oxygen atoms in total. The number of aromatic nitrogens is 1. The summed E-state index contributed by atoms with van der Waals surface area (Å²) >= 11 is 0. The first-order valence-electron chi connectivity index (χ1n) is 11.6. The van der Waals surface area contributed by atoms with Gasteiger partial charge in [0.2, 0.25) is 10.0 Å². The lowest BCUT2D eigenvalue weighted by atomic mass is 10.0. The number of carbonyl (C=O) groups is 1. The first-order valence-corrected chi connectivity index (χ1v) is 14.9. The van der Waals surface area contributed by atoms with Gasteiger partial charge in [-0.1, -0.05) is 0 Å². The molecule has 2 aromatic rings. The molecule has 1 atom stereocenters. The van der Waals surface area contributed by atoms with Crippen molar-refractivity contribution in [2.24, 2.45) is 0 Å². The molecular weight excluding hydrogens is 523 g/mol. The summed E-state index contributed by atoms with van der Waals surface area (Å²) in [4.78, 5) is 17.3. The summed E-state index contributed by atoms with van der Waals surface area (Å²) in [5.41, 5.74) is 1.36. The highest BCUT2D eigenvalue weighted by atomic mass is 32.2. The number of quaternary nitrogens is 1. The van der Waals surface area contributed by atoms with Gasteiger partial charge in [-0.15, -0.1) is 0 Å². The Kier molecular flexibility index (Phi) is 6.82. The lowest BCUT2D eigenvalue weighted by Crippen LogP contribution is -2.50. The molecule has 1 aromatic carbocycles. The minimum atomic E-state index is -3.94. The highest BCUT2D eigenvalue weighted by molar-refractivity contribution is 7.89. The van der Waals surface area contributed by atoms with Crippen LogP contribution in [0.1, 0.15) is 31.9 Å². The van der Waals surface area contributed by atoms with E-state index < -0.39 is 42.0 Å².